The number of carbonyl (C=O) groups is 1. The second-order valence-electron chi connectivity index (χ2n) is 9.04. The number of benzene rings is 2. The summed E-state index contributed by atoms with van der Waals surface area (Å²) in [6, 6.07) is 10.9. The zero-order valence-corrected chi connectivity index (χ0v) is 25.2. The Morgan fingerprint density at radius 2 is 1.57 bits per heavy atom. The first-order chi connectivity index (χ1) is 19.1. The molecule has 0 spiro atoms. The van der Waals surface area contributed by atoms with Crippen molar-refractivity contribution in [1.29, 1.82) is 0 Å². The summed E-state index contributed by atoms with van der Waals surface area (Å²) in [7, 11) is -3.72. The Kier molecular flexibility index (Phi) is 14.2. The molecule has 2 aliphatic heterocycles. The van der Waals surface area contributed by atoms with Gasteiger partial charge in [-0.1, -0.05) is 11.6 Å². The number of nitrogens with zero attached hydrogens (tertiary/aromatic N) is 3. The van der Waals surface area contributed by atoms with Gasteiger partial charge in [-0.2, -0.15) is 4.31 Å². The Morgan fingerprint density at radius 1 is 0.975 bits per heavy atom. The van der Waals surface area contributed by atoms with Gasteiger partial charge in [0.2, 0.25) is 10.0 Å². The average Bonchev–Trinajstić information content (AvgIpc) is 2.94. The first kappa shape index (κ1) is 33.9. The summed E-state index contributed by atoms with van der Waals surface area (Å²) in [4.78, 5) is 16.9. The van der Waals surface area contributed by atoms with Crippen LogP contribution in [0.15, 0.2) is 60.5 Å². The minimum Gasteiger partial charge on any atom is -0.369 e. The molecule has 0 atom stereocenters. The Hall–Kier alpha value is -2.34. The monoisotopic (exact) mass is 597 g/mol. The standard InChI is InChI=1S/C21H23ClFN3O3S.C6H14O2.C2H4/c22-16-2-7-19-20(27)15-26(30(28,29)21(19)14-16)9-1-8-24-10-12-25(13-11-24)18-5-3-17(23)4-6-18;1-4-7-6(3)8-5-2;1-2/h2-7,14H,1,8-13,15H2;6H,4-5H2,1-3H3;1-2H2. The molecule has 0 unspecified atom stereocenters. The second kappa shape index (κ2) is 16.8. The van der Waals surface area contributed by atoms with E-state index in [0.717, 1.165) is 51.6 Å². The van der Waals surface area contributed by atoms with Gasteiger partial charge in [0.15, 0.2) is 12.1 Å². The van der Waals surface area contributed by atoms with Crippen molar-refractivity contribution in [2.45, 2.75) is 38.4 Å². The van der Waals surface area contributed by atoms with Crippen LogP contribution in [0.25, 0.3) is 0 Å². The molecular formula is C29H41ClFN3O5S. The number of hydrogen-bond acceptors (Lipinski definition) is 7. The number of halogens is 2. The fourth-order valence-corrected chi connectivity index (χ4v) is 6.39. The summed E-state index contributed by atoms with van der Waals surface area (Å²) in [6.45, 7) is 17.5. The topological polar surface area (TPSA) is 79.4 Å². The highest BCUT2D eigenvalue weighted by atomic mass is 35.5. The van der Waals surface area contributed by atoms with Gasteiger partial charge < -0.3 is 14.4 Å². The lowest BCUT2D eigenvalue weighted by molar-refractivity contribution is -0.123. The largest absolute Gasteiger partial charge is 0.369 e. The number of carbonyl (C=O) groups excluding carboxylic acids is 1. The number of rotatable bonds is 9. The van der Waals surface area contributed by atoms with Crippen molar-refractivity contribution in [1.82, 2.24) is 9.21 Å². The van der Waals surface area contributed by atoms with E-state index in [9.17, 15) is 17.6 Å². The molecule has 40 heavy (non-hydrogen) atoms. The molecule has 0 amide bonds. The van der Waals surface area contributed by atoms with Gasteiger partial charge in [0, 0.05) is 62.2 Å². The van der Waals surface area contributed by atoms with Crippen LogP contribution in [-0.4, -0.2) is 88.7 Å². The summed E-state index contributed by atoms with van der Waals surface area (Å²) in [5.74, 6) is -0.446. The van der Waals surface area contributed by atoms with E-state index in [1.165, 1.54) is 34.6 Å². The molecule has 0 aromatic heterocycles. The van der Waals surface area contributed by atoms with Crippen molar-refractivity contribution in [2.75, 3.05) is 63.9 Å². The van der Waals surface area contributed by atoms with Gasteiger partial charge in [-0.25, -0.2) is 12.8 Å². The maximum Gasteiger partial charge on any atom is 0.244 e. The highest BCUT2D eigenvalue weighted by molar-refractivity contribution is 7.89. The van der Waals surface area contributed by atoms with Crippen LogP contribution in [0.4, 0.5) is 10.1 Å². The molecule has 2 aromatic rings. The van der Waals surface area contributed by atoms with Crippen LogP contribution in [0.1, 0.15) is 37.6 Å². The third-order valence-electron chi connectivity index (χ3n) is 6.43. The molecule has 2 aromatic carbocycles. The molecule has 4 rings (SSSR count). The second-order valence-corrected chi connectivity index (χ2v) is 11.4. The highest BCUT2D eigenvalue weighted by Gasteiger charge is 2.35. The van der Waals surface area contributed by atoms with E-state index in [-0.39, 0.29) is 41.4 Å². The molecule has 0 bridgehead atoms. The number of hydrogen-bond donors (Lipinski definition) is 0. The Balaban J connectivity index is 0.000000484. The van der Waals surface area contributed by atoms with Crippen LogP contribution in [0.2, 0.25) is 5.02 Å². The summed E-state index contributed by atoms with van der Waals surface area (Å²) in [6.07, 6.45) is 0.601. The molecular weight excluding hydrogens is 557 g/mol. The maximum absolute atomic E-state index is 13.1. The minimum absolute atomic E-state index is 0.000776. The van der Waals surface area contributed by atoms with Crippen LogP contribution in [0.3, 0.4) is 0 Å². The van der Waals surface area contributed by atoms with E-state index >= 15 is 0 Å². The number of ether oxygens (including phenoxy) is 2. The van der Waals surface area contributed by atoms with Gasteiger partial charge in [-0.15, -0.1) is 13.2 Å². The average molecular weight is 598 g/mol. The molecule has 1 saturated heterocycles. The quantitative estimate of drug-likeness (QED) is 0.294. The van der Waals surface area contributed by atoms with E-state index < -0.39 is 10.0 Å². The first-order valence-electron chi connectivity index (χ1n) is 13.4. The number of Topliss-reactive ketones (excluding diaryl/α,β-unsaturated/α-hetero) is 1. The van der Waals surface area contributed by atoms with Crippen molar-refractivity contribution >= 4 is 33.1 Å². The van der Waals surface area contributed by atoms with Gasteiger partial charge in [0.25, 0.3) is 0 Å². The van der Waals surface area contributed by atoms with Crippen LogP contribution < -0.4 is 4.90 Å². The van der Waals surface area contributed by atoms with Crippen LogP contribution >= 0.6 is 11.6 Å². The molecule has 8 nitrogen and oxygen atoms in total. The summed E-state index contributed by atoms with van der Waals surface area (Å²) in [5.41, 5.74) is 1.22. The molecule has 0 aliphatic carbocycles. The SMILES string of the molecule is C=C.CCOC(C)OCC.O=C1CN(CCCN2CCN(c3ccc(F)cc3)CC2)S(=O)(=O)c2cc(Cl)ccc21. The first-order valence-corrected chi connectivity index (χ1v) is 15.3. The van der Waals surface area contributed by atoms with Crippen LogP contribution in [-0.2, 0) is 19.5 Å². The zero-order valence-electron chi connectivity index (χ0n) is 23.7. The lowest BCUT2D eigenvalue weighted by Crippen LogP contribution is -2.47. The number of anilines is 1. The molecule has 0 saturated carbocycles. The smallest absolute Gasteiger partial charge is 0.244 e. The molecule has 0 radical (unpaired) electrons. The molecule has 222 valence electrons. The van der Waals surface area contributed by atoms with E-state index in [2.05, 4.69) is 23.0 Å². The molecule has 2 heterocycles. The molecule has 2 aliphatic rings. The maximum atomic E-state index is 13.1. The predicted octanol–water partition coefficient (Wildman–Crippen LogP) is 5.09. The highest BCUT2D eigenvalue weighted by Crippen LogP contribution is 2.29. The summed E-state index contributed by atoms with van der Waals surface area (Å²) >= 11 is 5.95. The van der Waals surface area contributed by atoms with Crippen LogP contribution in [0, 0.1) is 5.82 Å². The summed E-state index contributed by atoms with van der Waals surface area (Å²) < 4.78 is 50.2. The van der Waals surface area contributed by atoms with E-state index in [1.54, 1.807) is 12.1 Å². The van der Waals surface area contributed by atoms with Crippen molar-refractivity contribution in [3.63, 3.8) is 0 Å². The van der Waals surface area contributed by atoms with Gasteiger partial charge in [0.05, 0.1) is 11.4 Å². The van der Waals surface area contributed by atoms with Crippen LogP contribution in [0.5, 0.6) is 0 Å². The van der Waals surface area contributed by atoms with Crippen molar-refractivity contribution < 1.29 is 27.1 Å². The lowest BCUT2D eigenvalue weighted by Gasteiger charge is -2.36. The van der Waals surface area contributed by atoms with E-state index in [0.29, 0.717) is 11.4 Å². The van der Waals surface area contributed by atoms with E-state index in [1.807, 2.05) is 20.8 Å². The van der Waals surface area contributed by atoms with Gasteiger partial charge in [-0.05, 0) is 76.2 Å². The third-order valence-corrected chi connectivity index (χ3v) is 8.55. The number of piperazine rings is 1. The lowest BCUT2D eigenvalue weighted by atomic mass is 10.1. The van der Waals surface area contributed by atoms with Gasteiger partial charge in [-0.3, -0.25) is 9.69 Å². The van der Waals surface area contributed by atoms with Gasteiger partial charge in [0.1, 0.15) is 5.82 Å². The molecule has 0 N–H and O–H groups in total. The Labute approximate surface area is 243 Å². The number of fused-ring (bicyclic) bond motifs is 1. The van der Waals surface area contributed by atoms with Crippen molar-refractivity contribution in [3.05, 3.63) is 72.0 Å². The Morgan fingerprint density at radius 3 is 2.15 bits per heavy atom. The molecule has 1 fully saturated rings. The fourth-order valence-electron chi connectivity index (χ4n) is 4.48. The Bertz CT molecular complexity index is 1170. The van der Waals surface area contributed by atoms with Crippen molar-refractivity contribution in [2.24, 2.45) is 0 Å². The molecule has 11 heteroatoms. The summed E-state index contributed by atoms with van der Waals surface area (Å²) in [5, 5.41) is 0.297. The van der Waals surface area contributed by atoms with Gasteiger partial charge >= 0.3 is 0 Å². The number of sulfonamides is 1. The predicted molar refractivity (Wildman–Crippen MR) is 158 cm³/mol. The third kappa shape index (κ3) is 9.64. The zero-order chi connectivity index (χ0) is 29.7. The fraction of sp³-hybridized carbons (Fsp3) is 0.483. The van der Waals surface area contributed by atoms with E-state index in [4.69, 9.17) is 21.1 Å². The normalized spacial score (nSPS) is 16.9. The minimum atomic E-state index is -3.72. The number of ketones is 1. The van der Waals surface area contributed by atoms with Crippen molar-refractivity contribution in [3.8, 4) is 0 Å².